The van der Waals surface area contributed by atoms with Crippen molar-refractivity contribution in [3.63, 3.8) is 0 Å². The van der Waals surface area contributed by atoms with E-state index in [4.69, 9.17) is 4.74 Å². The molecule has 0 aromatic heterocycles. The molecule has 1 saturated heterocycles. The molecule has 2 aromatic rings. The van der Waals surface area contributed by atoms with Crippen LogP contribution in [-0.2, 0) is 4.79 Å². The summed E-state index contributed by atoms with van der Waals surface area (Å²) in [5, 5.41) is 0. The van der Waals surface area contributed by atoms with E-state index in [1.807, 2.05) is 62.4 Å². The molecule has 3 amide bonds. The molecule has 130 valence electrons. The highest BCUT2D eigenvalue weighted by molar-refractivity contribution is 6.14. The van der Waals surface area contributed by atoms with Gasteiger partial charge in [-0.25, -0.2) is 4.79 Å². The Balaban J connectivity index is 1.65. The van der Waals surface area contributed by atoms with Crippen LogP contribution in [0.5, 0.6) is 5.75 Å². The Kier molecular flexibility index (Phi) is 4.74. The van der Waals surface area contributed by atoms with E-state index < -0.39 is 6.04 Å². The predicted octanol–water partition coefficient (Wildman–Crippen LogP) is 3.54. The molecule has 0 saturated carbocycles. The predicted molar refractivity (Wildman–Crippen MR) is 96.9 cm³/mol. The summed E-state index contributed by atoms with van der Waals surface area (Å²) < 4.78 is 5.65. The third kappa shape index (κ3) is 3.50. The molecular formula is C20H22N2O3. The molecule has 0 unspecified atom stereocenters. The van der Waals surface area contributed by atoms with Gasteiger partial charge in [0.2, 0.25) is 0 Å². The van der Waals surface area contributed by atoms with Crippen molar-refractivity contribution in [2.45, 2.75) is 26.8 Å². The first kappa shape index (κ1) is 17.0. The van der Waals surface area contributed by atoms with Crippen molar-refractivity contribution in [1.82, 2.24) is 4.90 Å². The van der Waals surface area contributed by atoms with Crippen LogP contribution in [0.15, 0.2) is 48.5 Å². The first-order valence-corrected chi connectivity index (χ1v) is 8.38. The number of anilines is 1. The Labute approximate surface area is 147 Å². The maximum Gasteiger partial charge on any atom is 0.332 e. The van der Waals surface area contributed by atoms with Gasteiger partial charge in [0.1, 0.15) is 18.4 Å². The largest absolute Gasteiger partial charge is 0.492 e. The monoisotopic (exact) mass is 338 g/mol. The Morgan fingerprint density at radius 1 is 0.920 bits per heavy atom. The number of hydrogen-bond donors (Lipinski definition) is 0. The topological polar surface area (TPSA) is 49.9 Å². The second-order valence-electron chi connectivity index (χ2n) is 6.32. The molecule has 0 N–H and O–H groups in total. The Hall–Kier alpha value is -2.82. The minimum absolute atomic E-state index is 0.196. The summed E-state index contributed by atoms with van der Waals surface area (Å²) in [6.45, 7) is 6.25. The number of aryl methyl sites for hydroxylation is 2. The fraction of sp³-hybridized carbons (Fsp3) is 0.300. The van der Waals surface area contributed by atoms with Crippen molar-refractivity contribution in [3.05, 3.63) is 59.7 Å². The van der Waals surface area contributed by atoms with E-state index in [1.165, 1.54) is 9.80 Å². The van der Waals surface area contributed by atoms with E-state index in [0.29, 0.717) is 0 Å². The van der Waals surface area contributed by atoms with Crippen LogP contribution >= 0.6 is 0 Å². The standard InChI is InChI=1S/C20H22N2O3/c1-14-4-8-17(9-5-14)22-16(3)19(23)21(20(22)24)12-13-25-18-10-6-15(2)7-11-18/h4-11,16H,12-13H2,1-3H3/t16-/m1/s1. The van der Waals surface area contributed by atoms with Gasteiger partial charge in [0.15, 0.2) is 0 Å². The molecule has 1 heterocycles. The summed E-state index contributed by atoms with van der Waals surface area (Å²) >= 11 is 0. The molecule has 1 atom stereocenters. The molecule has 5 nitrogen and oxygen atoms in total. The van der Waals surface area contributed by atoms with E-state index in [0.717, 1.165) is 22.6 Å². The first-order valence-electron chi connectivity index (χ1n) is 8.38. The second kappa shape index (κ2) is 6.97. The average molecular weight is 338 g/mol. The summed E-state index contributed by atoms with van der Waals surface area (Å²) in [5.41, 5.74) is 3.00. The van der Waals surface area contributed by atoms with E-state index in [2.05, 4.69) is 0 Å². The van der Waals surface area contributed by atoms with Gasteiger partial charge in [0, 0.05) is 5.69 Å². The highest BCUT2D eigenvalue weighted by atomic mass is 16.5. The molecule has 5 heteroatoms. The van der Waals surface area contributed by atoms with E-state index in [9.17, 15) is 9.59 Å². The zero-order valence-corrected chi connectivity index (χ0v) is 14.7. The van der Waals surface area contributed by atoms with Crippen LogP contribution in [-0.4, -0.2) is 36.0 Å². The SMILES string of the molecule is Cc1ccc(OCCN2C(=O)[C@@H](C)N(c3ccc(C)cc3)C2=O)cc1. The zero-order valence-electron chi connectivity index (χ0n) is 14.7. The van der Waals surface area contributed by atoms with Gasteiger partial charge < -0.3 is 4.74 Å². The highest BCUT2D eigenvalue weighted by Gasteiger charge is 2.42. The molecule has 0 aliphatic carbocycles. The lowest BCUT2D eigenvalue weighted by Gasteiger charge is -2.19. The van der Waals surface area contributed by atoms with Crippen LogP contribution in [0.4, 0.5) is 10.5 Å². The molecule has 1 fully saturated rings. The third-order valence-corrected chi connectivity index (χ3v) is 4.36. The number of ether oxygens (including phenoxy) is 1. The summed E-state index contributed by atoms with van der Waals surface area (Å²) in [5.74, 6) is 0.534. The number of carbonyl (C=O) groups is 2. The fourth-order valence-corrected chi connectivity index (χ4v) is 2.86. The lowest BCUT2D eigenvalue weighted by atomic mass is 10.2. The minimum atomic E-state index is -0.505. The summed E-state index contributed by atoms with van der Waals surface area (Å²) in [6, 6.07) is 14.5. The molecule has 1 aliphatic rings. The van der Waals surface area contributed by atoms with Crippen LogP contribution in [0.1, 0.15) is 18.1 Å². The number of urea groups is 1. The van der Waals surface area contributed by atoms with Crippen molar-refractivity contribution in [2.24, 2.45) is 0 Å². The quantitative estimate of drug-likeness (QED) is 0.784. The second-order valence-corrected chi connectivity index (χ2v) is 6.32. The number of carbonyl (C=O) groups excluding carboxylic acids is 2. The van der Waals surface area contributed by atoms with Gasteiger partial charge >= 0.3 is 6.03 Å². The molecule has 25 heavy (non-hydrogen) atoms. The van der Waals surface area contributed by atoms with Gasteiger partial charge in [0.05, 0.1) is 6.54 Å². The molecule has 2 aromatic carbocycles. The molecule has 0 bridgehead atoms. The van der Waals surface area contributed by atoms with Gasteiger partial charge in [-0.1, -0.05) is 35.4 Å². The number of rotatable bonds is 5. The lowest BCUT2D eigenvalue weighted by molar-refractivity contribution is -0.127. The summed E-state index contributed by atoms with van der Waals surface area (Å²) in [6.07, 6.45) is 0. The molecular weight excluding hydrogens is 316 g/mol. The van der Waals surface area contributed by atoms with Gasteiger partial charge in [0.25, 0.3) is 5.91 Å². The van der Waals surface area contributed by atoms with E-state index in [1.54, 1.807) is 6.92 Å². The number of amides is 3. The number of hydrogen-bond acceptors (Lipinski definition) is 3. The van der Waals surface area contributed by atoms with Crippen LogP contribution in [0.2, 0.25) is 0 Å². The third-order valence-electron chi connectivity index (χ3n) is 4.36. The Bertz CT molecular complexity index is 769. The van der Waals surface area contributed by atoms with Crippen LogP contribution in [0, 0.1) is 13.8 Å². The highest BCUT2D eigenvalue weighted by Crippen LogP contribution is 2.26. The van der Waals surface area contributed by atoms with Crippen LogP contribution < -0.4 is 9.64 Å². The maximum atomic E-state index is 12.7. The summed E-state index contributed by atoms with van der Waals surface area (Å²) in [7, 11) is 0. The average Bonchev–Trinajstić information content (AvgIpc) is 2.81. The molecule has 0 spiro atoms. The Morgan fingerprint density at radius 2 is 1.48 bits per heavy atom. The van der Waals surface area contributed by atoms with Gasteiger partial charge in [-0.05, 0) is 45.0 Å². The normalized spacial score (nSPS) is 17.3. The van der Waals surface area contributed by atoms with Crippen molar-refractivity contribution < 1.29 is 14.3 Å². The molecule has 3 rings (SSSR count). The van der Waals surface area contributed by atoms with Gasteiger partial charge in [-0.2, -0.15) is 0 Å². The van der Waals surface area contributed by atoms with Gasteiger partial charge in [-0.3, -0.25) is 14.6 Å². The van der Waals surface area contributed by atoms with Crippen molar-refractivity contribution in [3.8, 4) is 5.75 Å². The lowest BCUT2D eigenvalue weighted by Crippen LogP contribution is -2.36. The minimum Gasteiger partial charge on any atom is -0.492 e. The van der Waals surface area contributed by atoms with Crippen LogP contribution in [0.3, 0.4) is 0 Å². The molecule has 1 aliphatic heterocycles. The van der Waals surface area contributed by atoms with E-state index in [-0.39, 0.29) is 25.1 Å². The van der Waals surface area contributed by atoms with Crippen molar-refractivity contribution in [1.29, 1.82) is 0 Å². The number of nitrogens with zero attached hydrogens (tertiary/aromatic N) is 2. The van der Waals surface area contributed by atoms with E-state index >= 15 is 0 Å². The number of imide groups is 1. The smallest absolute Gasteiger partial charge is 0.332 e. The van der Waals surface area contributed by atoms with Crippen molar-refractivity contribution in [2.75, 3.05) is 18.1 Å². The van der Waals surface area contributed by atoms with Gasteiger partial charge in [-0.15, -0.1) is 0 Å². The number of benzene rings is 2. The fourth-order valence-electron chi connectivity index (χ4n) is 2.86. The first-order chi connectivity index (χ1) is 12.0. The molecule has 0 radical (unpaired) electrons. The maximum absolute atomic E-state index is 12.7. The zero-order chi connectivity index (χ0) is 18.0. The summed E-state index contributed by atoms with van der Waals surface area (Å²) in [4.78, 5) is 27.9. The van der Waals surface area contributed by atoms with Crippen molar-refractivity contribution >= 4 is 17.6 Å². The Morgan fingerprint density at radius 3 is 2.08 bits per heavy atom. The van der Waals surface area contributed by atoms with Crippen LogP contribution in [0.25, 0.3) is 0 Å².